The van der Waals surface area contributed by atoms with Gasteiger partial charge >= 0.3 is 5.97 Å². The molecule has 0 saturated carbocycles. The van der Waals surface area contributed by atoms with Crippen molar-refractivity contribution in [1.29, 1.82) is 0 Å². The van der Waals surface area contributed by atoms with Gasteiger partial charge in [0.1, 0.15) is 0 Å². The molecule has 0 radical (unpaired) electrons. The van der Waals surface area contributed by atoms with Crippen LogP contribution in [0.2, 0.25) is 0 Å². The molecule has 0 unspecified atom stereocenters. The van der Waals surface area contributed by atoms with Crippen LogP contribution in [-0.2, 0) is 9.53 Å². The topological polar surface area (TPSA) is 67.6 Å². The zero-order chi connectivity index (χ0) is 17.6. The Labute approximate surface area is 152 Å². The van der Waals surface area contributed by atoms with Crippen LogP contribution in [0.5, 0.6) is 0 Å². The van der Waals surface area contributed by atoms with Crippen molar-refractivity contribution in [1.82, 2.24) is 9.88 Å². The Morgan fingerprint density at radius 1 is 1.44 bits per heavy atom. The fourth-order valence-corrected chi connectivity index (χ4v) is 3.27. The molecule has 1 fully saturated rings. The third kappa shape index (κ3) is 4.57. The highest BCUT2D eigenvalue weighted by atomic mass is 32.1. The summed E-state index contributed by atoms with van der Waals surface area (Å²) in [5, 5.41) is 3.98. The summed E-state index contributed by atoms with van der Waals surface area (Å²) in [4.78, 5) is 17.5. The SMILES string of the molecule is COC(=O)CC1CCN(C(=S)Nc2cccc(-c3cnco3)c2)CC1. The number of aromatic nitrogens is 1. The maximum Gasteiger partial charge on any atom is 0.305 e. The van der Waals surface area contributed by atoms with Crippen molar-refractivity contribution in [3.63, 3.8) is 0 Å². The van der Waals surface area contributed by atoms with Gasteiger partial charge in [0.2, 0.25) is 0 Å². The molecule has 0 bridgehead atoms. The summed E-state index contributed by atoms with van der Waals surface area (Å²) < 4.78 is 10.1. The molecule has 2 heterocycles. The Morgan fingerprint density at radius 2 is 2.24 bits per heavy atom. The van der Waals surface area contributed by atoms with Crippen LogP contribution in [0.3, 0.4) is 0 Å². The zero-order valence-electron chi connectivity index (χ0n) is 14.1. The molecule has 132 valence electrons. The van der Waals surface area contributed by atoms with Gasteiger partial charge in [-0.2, -0.15) is 0 Å². The lowest BCUT2D eigenvalue weighted by Crippen LogP contribution is -2.41. The normalized spacial score (nSPS) is 15.0. The van der Waals surface area contributed by atoms with Gasteiger partial charge < -0.3 is 19.4 Å². The molecule has 1 saturated heterocycles. The summed E-state index contributed by atoms with van der Waals surface area (Å²) in [6.07, 6.45) is 5.47. The third-order valence-corrected chi connectivity index (χ3v) is 4.78. The van der Waals surface area contributed by atoms with E-state index >= 15 is 0 Å². The van der Waals surface area contributed by atoms with E-state index in [4.69, 9.17) is 21.4 Å². The molecule has 0 spiro atoms. The van der Waals surface area contributed by atoms with Gasteiger partial charge in [0.25, 0.3) is 0 Å². The van der Waals surface area contributed by atoms with Crippen LogP contribution in [-0.4, -0.2) is 41.2 Å². The third-order valence-electron chi connectivity index (χ3n) is 4.42. The van der Waals surface area contributed by atoms with E-state index in [1.54, 1.807) is 6.20 Å². The van der Waals surface area contributed by atoms with Crippen molar-refractivity contribution >= 4 is 29.0 Å². The molecule has 1 aliphatic heterocycles. The second-order valence-electron chi connectivity index (χ2n) is 6.09. The maximum atomic E-state index is 11.4. The molecule has 1 aliphatic rings. The summed E-state index contributed by atoms with van der Waals surface area (Å²) in [5.41, 5.74) is 1.86. The van der Waals surface area contributed by atoms with E-state index in [2.05, 4.69) is 15.2 Å². The highest BCUT2D eigenvalue weighted by molar-refractivity contribution is 7.80. The number of methoxy groups -OCH3 is 1. The van der Waals surface area contributed by atoms with Crippen molar-refractivity contribution in [2.24, 2.45) is 5.92 Å². The van der Waals surface area contributed by atoms with Crippen LogP contribution >= 0.6 is 12.2 Å². The van der Waals surface area contributed by atoms with Gasteiger partial charge in [-0.1, -0.05) is 12.1 Å². The number of rotatable bonds is 4. The largest absolute Gasteiger partial charge is 0.469 e. The Morgan fingerprint density at radius 3 is 2.92 bits per heavy atom. The number of nitrogens with zero attached hydrogens (tertiary/aromatic N) is 2. The van der Waals surface area contributed by atoms with Crippen LogP contribution < -0.4 is 5.32 Å². The molecule has 3 rings (SSSR count). The first-order valence-corrected chi connectivity index (χ1v) is 8.68. The van der Waals surface area contributed by atoms with Crippen LogP contribution in [0, 0.1) is 5.92 Å². The fourth-order valence-electron chi connectivity index (χ4n) is 2.97. The summed E-state index contributed by atoms with van der Waals surface area (Å²) >= 11 is 5.54. The highest BCUT2D eigenvalue weighted by Gasteiger charge is 2.23. The molecule has 1 N–H and O–H groups in total. The lowest BCUT2D eigenvalue weighted by Gasteiger charge is -2.33. The number of carbonyl (C=O) groups excluding carboxylic acids is 1. The van der Waals surface area contributed by atoms with Crippen molar-refractivity contribution in [2.45, 2.75) is 19.3 Å². The molecule has 0 atom stereocenters. The monoisotopic (exact) mass is 359 g/mol. The number of hydrogen-bond donors (Lipinski definition) is 1. The molecule has 1 aromatic carbocycles. The van der Waals surface area contributed by atoms with Crippen molar-refractivity contribution in [2.75, 3.05) is 25.5 Å². The number of piperidine rings is 1. The van der Waals surface area contributed by atoms with Crippen LogP contribution in [0.15, 0.2) is 41.3 Å². The van der Waals surface area contributed by atoms with E-state index in [9.17, 15) is 4.79 Å². The van der Waals surface area contributed by atoms with E-state index in [0.29, 0.717) is 17.5 Å². The molecular weight excluding hydrogens is 338 g/mol. The molecule has 1 aromatic heterocycles. The van der Waals surface area contributed by atoms with E-state index in [1.165, 1.54) is 13.5 Å². The Balaban J connectivity index is 1.55. The molecule has 25 heavy (non-hydrogen) atoms. The summed E-state index contributed by atoms with van der Waals surface area (Å²) in [7, 11) is 1.43. The number of hydrogen-bond acceptors (Lipinski definition) is 5. The number of thiocarbonyl (C=S) groups is 1. The Kier molecular flexibility index (Phi) is 5.65. The number of carbonyl (C=O) groups is 1. The lowest BCUT2D eigenvalue weighted by molar-refractivity contribution is -0.142. The van der Waals surface area contributed by atoms with Crippen molar-refractivity contribution in [3.05, 3.63) is 36.9 Å². The number of oxazole rings is 1. The van der Waals surface area contributed by atoms with Gasteiger partial charge in [0.15, 0.2) is 17.3 Å². The molecule has 0 aliphatic carbocycles. The first-order valence-electron chi connectivity index (χ1n) is 8.27. The second-order valence-corrected chi connectivity index (χ2v) is 6.47. The van der Waals surface area contributed by atoms with Gasteiger partial charge in [-0.25, -0.2) is 4.98 Å². The fraction of sp³-hybridized carbons (Fsp3) is 0.389. The van der Waals surface area contributed by atoms with E-state index < -0.39 is 0 Å². The predicted molar refractivity (Wildman–Crippen MR) is 99.1 cm³/mol. The maximum absolute atomic E-state index is 11.4. The zero-order valence-corrected chi connectivity index (χ0v) is 14.9. The minimum Gasteiger partial charge on any atom is -0.469 e. The summed E-state index contributed by atoms with van der Waals surface area (Å²) in [5.74, 6) is 0.961. The minimum absolute atomic E-state index is 0.136. The molecule has 0 amide bonds. The van der Waals surface area contributed by atoms with Crippen molar-refractivity contribution in [3.8, 4) is 11.3 Å². The Bertz CT molecular complexity index is 725. The van der Waals surface area contributed by atoms with Gasteiger partial charge in [0.05, 0.1) is 13.3 Å². The number of esters is 1. The van der Waals surface area contributed by atoms with Gasteiger partial charge in [-0.05, 0) is 43.1 Å². The number of anilines is 1. The standard InChI is InChI=1S/C18H21N3O3S/c1-23-17(22)9-13-5-7-21(8-6-13)18(25)20-15-4-2-3-14(10-15)16-11-19-12-24-16/h2-4,10-13H,5-9H2,1H3,(H,20,25). The Hall–Kier alpha value is -2.41. The van der Waals surface area contributed by atoms with E-state index in [-0.39, 0.29) is 5.97 Å². The molecular formula is C18H21N3O3S. The molecule has 6 nitrogen and oxygen atoms in total. The first kappa shape index (κ1) is 17.4. The van der Waals surface area contributed by atoms with Crippen molar-refractivity contribution < 1.29 is 13.9 Å². The van der Waals surface area contributed by atoms with Gasteiger partial charge in [-0.3, -0.25) is 4.79 Å². The highest BCUT2D eigenvalue weighted by Crippen LogP contribution is 2.24. The quantitative estimate of drug-likeness (QED) is 0.663. The van der Waals surface area contributed by atoms with Crippen LogP contribution in [0.1, 0.15) is 19.3 Å². The molecule has 2 aromatic rings. The van der Waals surface area contributed by atoms with E-state index in [0.717, 1.165) is 42.9 Å². The number of ether oxygens (including phenoxy) is 1. The summed E-state index contributed by atoms with van der Waals surface area (Å²) in [6, 6.07) is 7.87. The van der Waals surface area contributed by atoms with Gasteiger partial charge in [-0.15, -0.1) is 0 Å². The number of benzene rings is 1. The van der Waals surface area contributed by atoms with Crippen LogP contribution in [0.4, 0.5) is 5.69 Å². The smallest absolute Gasteiger partial charge is 0.305 e. The minimum atomic E-state index is -0.136. The van der Waals surface area contributed by atoms with Crippen LogP contribution in [0.25, 0.3) is 11.3 Å². The lowest BCUT2D eigenvalue weighted by atomic mass is 9.94. The average molecular weight is 359 g/mol. The van der Waals surface area contributed by atoms with E-state index in [1.807, 2.05) is 24.3 Å². The number of likely N-dealkylation sites (tertiary alicyclic amines) is 1. The molecule has 7 heteroatoms. The number of nitrogens with one attached hydrogen (secondary N) is 1. The first-order chi connectivity index (χ1) is 12.2. The summed E-state index contributed by atoms with van der Waals surface area (Å²) in [6.45, 7) is 1.69. The van der Waals surface area contributed by atoms with Gasteiger partial charge in [0, 0.05) is 30.8 Å². The second kappa shape index (κ2) is 8.11. The average Bonchev–Trinajstić information content (AvgIpc) is 3.17. The predicted octanol–water partition coefficient (Wildman–Crippen LogP) is 3.31.